The van der Waals surface area contributed by atoms with Crippen LogP contribution in [0, 0.1) is 0 Å². The molecule has 0 spiro atoms. The molecule has 0 aliphatic carbocycles. The number of hydrogen-bond donors (Lipinski definition) is 1. The summed E-state index contributed by atoms with van der Waals surface area (Å²) in [6, 6.07) is 0.610. The molecule has 0 aliphatic heterocycles. The molecule has 0 aromatic rings. The van der Waals surface area contributed by atoms with Gasteiger partial charge in [0.05, 0.1) is 0 Å². The van der Waals surface area contributed by atoms with Gasteiger partial charge in [-0.25, -0.2) is 0 Å². The van der Waals surface area contributed by atoms with E-state index in [-0.39, 0.29) is 0 Å². The van der Waals surface area contributed by atoms with Gasteiger partial charge in [-0.3, -0.25) is 0 Å². The molecule has 0 heterocycles. The predicted molar refractivity (Wildman–Crippen MR) is 57.1 cm³/mol. The Balaban J connectivity index is 3.15. The molecule has 0 saturated heterocycles. The number of ether oxygens (including phenoxy) is 1. The fourth-order valence-corrected chi connectivity index (χ4v) is 1.12. The van der Waals surface area contributed by atoms with Crippen molar-refractivity contribution in [1.82, 2.24) is 10.2 Å². The molecule has 0 aromatic heterocycles. The number of nitrogens with one attached hydrogen (secondary N) is 1. The Morgan fingerprint density at radius 2 is 2.08 bits per heavy atom. The highest BCUT2D eigenvalue weighted by atomic mass is 16.5. The van der Waals surface area contributed by atoms with Crippen LogP contribution in [-0.2, 0) is 4.74 Å². The third-order valence-corrected chi connectivity index (χ3v) is 2.03. The molecule has 13 heavy (non-hydrogen) atoms. The van der Waals surface area contributed by atoms with E-state index in [4.69, 9.17) is 4.74 Å². The van der Waals surface area contributed by atoms with Gasteiger partial charge in [0.25, 0.3) is 0 Å². The lowest BCUT2D eigenvalue weighted by Gasteiger charge is -2.16. The lowest BCUT2D eigenvalue weighted by molar-refractivity contribution is 0.193. The van der Waals surface area contributed by atoms with Crippen molar-refractivity contribution in [3.05, 3.63) is 0 Å². The van der Waals surface area contributed by atoms with Crippen LogP contribution in [0.1, 0.15) is 19.8 Å². The Labute approximate surface area is 82.4 Å². The molecule has 3 nitrogen and oxygen atoms in total. The Morgan fingerprint density at radius 1 is 1.38 bits per heavy atom. The van der Waals surface area contributed by atoms with Gasteiger partial charge >= 0.3 is 0 Å². The highest BCUT2D eigenvalue weighted by Crippen LogP contribution is 1.92. The van der Waals surface area contributed by atoms with Gasteiger partial charge in [-0.05, 0) is 47.0 Å². The van der Waals surface area contributed by atoms with Crippen LogP contribution in [0.5, 0.6) is 0 Å². The van der Waals surface area contributed by atoms with Crippen LogP contribution in [-0.4, -0.2) is 51.8 Å². The number of hydrogen-bond acceptors (Lipinski definition) is 3. The summed E-state index contributed by atoms with van der Waals surface area (Å²) in [5, 5.41) is 3.47. The Morgan fingerprint density at radius 3 is 2.62 bits per heavy atom. The van der Waals surface area contributed by atoms with Gasteiger partial charge in [-0.15, -0.1) is 0 Å². The van der Waals surface area contributed by atoms with Crippen molar-refractivity contribution < 1.29 is 4.74 Å². The van der Waals surface area contributed by atoms with Crippen molar-refractivity contribution in [3.63, 3.8) is 0 Å². The average molecular weight is 188 g/mol. The highest BCUT2D eigenvalue weighted by molar-refractivity contribution is 4.61. The molecule has 0 saturated carbocycles. The molecule has 0 aliphatic rings. The number of nitrogens with zero attached hydrogens (tertiary/aromatic N) is 1. The van der Waals surface area contributed by atoms with Gasteiger partial charge < -0.3 is 15.0 Å². The normalized spacial score (nSPS) is 13.6. The van der Waals surface area contributed by atoms with Gasteiger partial charge in [0.15, 0.2) is 0 Å². The molecule has 1 atom stereocenters. The van der Waals surface area contributed by atoms with Crippen molar-refractivity contribution in [3.8, 4) is 0 Å². The van der Waals surface area contributed by atoms with Crippen LogP contribution in [0.15, 0.2) is 0 Å². The Bertz CT molecular complexity index is 107. The summed E-state index contributed by atoms with van der Waals surface area (Å²) in [6.45, 7) is 5.30. The van der Waals surface area contributed by atoms with Crippen LogP contribution in [0.25, 0.3) is 0 Å². The first-order valence-corrected chi connectivity index (χ1v) is 5.04. The van der Waals surface area contributed by atoms with Crippen molar-refractivity contribution in [2.24, 2.45) is 0 Å². The minimum atomic E-state index is 0.610. The van der Waals surface area contributed by atoms with Crippen molar-refractivity contribution in [2.75, 3.05) is 40.9 Å². The fraction of sp³-hybridized carbons (Fsp3) is 1.00. The average Bonchev–Trinajstić information content (AvgIpc) is 2.09. The Hall–Kier alpha value is -0.120. The standard InChI is InChI=1S/C10H24N2O/c1-10(6-8-12(2)3)11-7-5-9-13-4/h10-11H,5-9H2,1-4H3. The van der Waals surface area contributed by atoms with Crippen LogP contribution in [0.3, 0.4) is 0 Å². The first-order chi connectivity index (χ1) is 6.16. The predicted octanol–water partition coefficient (Wildman–Crippen LogP) is 0.953. The van der Waals surface area contributed by atoms with E-state index >= 15 is 0 Å². The second-order valence-electron chi connectivity index (χ2n) is 3.79. The van der Waals surface area contributed by atoms with E-state index in [1.165, 1.54) is 6.42 Å². The van der Waals surface area contributed by atoms with E-state index in [0.717, 1.165) is 26.1 Å². The molecule has 1 unspecified atom stereocenters. The quantitative estimate of drug-likeness (QED) is 0.574. The summed E-state index contributed by atoms with van der Waals surface area (Å²) >= 11 is 0. The maximum atomic E-state index is 4.97. The van der Waals surface area contributed by atoms with Gasteiger partial charge in [0, 0.05) is 19.8 Å². The zero-order valence-corrected chi connectivity index (χ0v) is 9.47. The second-order valence-corrected chi connectivity index (χ2v) is 3.79. The van der Waals surface area contributed by atoms with Gasteiger partial charge in [0.1, 0.15) is 0 Å². The van der Waals surface area contributed by atoms with Crippen LogP contribution in [0.2, 0.25) is 0 Å². The molecular weight excluding hydrogens is 164 g/mol. The fourth-order valence-electron chi connectivity index (χ4n) is 1.12. The third kappa shape index (κ3) is 9.80. The van der Waals surface area contributed by atoms with E-state index in [9.17, 15) is 0 Å². The summed E-state index contributed by atoms with van der Waals surface area (Å²) < 4.78 is 4.97. The topological polar surface area (TPSA) is 24.5 Å². The van der Waals surface area contributed by atoms with Gasteiger partial charge in [0.2, 0.25) is 0 Å². The molecule has 0 amide bonds. The first kappa shape index (κ1) is 12.9. The summed E-state index contributed by atoms with van der Waals surface area (Å²) in [5.41, 5.74) is 0. The molecule has 0 bridgehead atoms. The molecule has 1 N–H and O–H groups in total. The lowest BCUT2D eigenvalue weighted by atomic mass is 10.2. The Kier molecular flexibility index (Phi) is 8.40. The monoisotopic (exact) mass is 188 g/mol. The highest BCUT2D eigenvalue weighted by Gasteiger charge is 2.00. The zero-order valence-electron chi connectivity index (χ0n) is 9.47. The minimum absolute atomic E-state index is 0.610. The van der Waals surface area contributed by atoms with E-state index in [0.29, 0.717) is 6.04 Å². The molecule has 0 aromatic carbocycles. The van der Waals surface area contributed by atoms with E-state index < -0.39 is 0 Å². The maximum Gasteiger partial charge on any atom is 0.0474 e. The van der Waals surface area contributed by atoms with Crippen molar-refractivity contribution in [2.45, 2.75) is 25.8 Å². The second kappa shape index (κ2) is 8.48. The van der Waals surface area contributed by atoms with Gasteiger partial charge in [-0.2, -0.15) is 0 Å². The number of methoxy groups -OCH3 is 1. The lowest BCUT2D eigenvalue weighted by Crippen LogP contribution is -2.30. The van der Waals surface area contributed by atoms with E-state index in [2.05, 4.69) is 31.2 Å². The summed E-state index contributed by atoms with van der Waals surface area (Å²) in [6.07, 6.45) is 2.31. The van der Waals surface area contributed by atoms with E-state index in [1.54, 1.807) is 7.11 Å². The van der Waals surface area contributed by atoms with Crippen LogP contribution in [0.4, 0.5) is 0 Å². The van der Waals surface area contributed by atoms with Crippen molar-refractivity contribution in [1.29, 1.82) is 0 Å². The van der Waals surface area contributed by atoms with Crippen LogP contribution < -0.4 is 5.32 Å². The molecular formula is C10H24N2O. The SMILES string of the molecule is COCCCNC(C)CCN(C)C. The third-order valence-electron chi connectivity index (χ3n) is 2.03. The summed E-state index contributed by atoms with van der Waals surface area (Å²) in [7, 11) is 5.96. The van der Waals surface area contributed by atoms with Gasteiger partial charge in [-0.1, -0.05) is 0 Å². The van der Waals surface area contributed by atoms with Crippen LogP contribution >= 0.6 is 0 Å². The minimum Gasteiger partial charge on any atom is -0.385 e. The smallest absolute Gasteiger partial charge is 0.0474 e. The van der Waals surface area contributed by atoms with Crippen molar-refractivity contribution >= 4 is 0 Å². The number of rotatable bonds is 8. The summed E-state index contributed by atoms with van der Waals surface area (Å²) in [5.74, 6) is 0. The molecule has 0 rings (SSSR count). The molecule has 3 heteroatoms. The first-order valence-electron chi connectivity index (χ1n) is 5.04. The maximum absolute atomic E-state index is 4.97. The zero-order chi connectivity index (χ0) is 10.1. The largest absolute Gasteiger partial charge is 0.385 e. The molecule has 0 radical (unpaired) electrons. The van der Waals surface area contributed by atoms with E-state index in [1.807, 2.05) is 0 Å². The molecule has 80 valence electrons. The summed E-state index contributed by atoms with van der Waals surface area (Å²) in [4.78, 5) is 2.22. The molecule has 0 fully saturated rings.